The summed E-state index contributed by atoms with van der Waals surface area (Å²) in [4.78, 5) is 46.2. The lowest BCUT2D eigenvalue weighted by Gasteiger charge is -2.39. The first-order valence-corrected chi connectivity index (χ1v) is 23.2. The Labute approximate surface area is 382 Å². The maximum atomic E-state index is 13.9. The maximum absolute atomic E-state index is 13.9. The minimum absolute atomic E-state index is 0.0250. The van der Waals surface area contributed by atoms with Gasteiger partial charge >= 0.3 is 0 Å². The topological polar surface area (TPSA) is 141 Å². The number of halogens is 2. The first kappa shape index (κ1) is 46.0. The van der Waals surface area contributed by atoms with Crippen molar-refractivity contribution in [3.8, 4) is 11.5 Å². The molecule has 0 radical (unpaired) electrons. The van der Waals surface area contributed by atoms with Gasteiger partial charge in [-0.3, -0.25) is 34.2 Å². The second kappa shape index (κ2) is 20.2. The Morgan fingerprint density at radius 1 is 0.905 bits per heavy atom. The van der Waals surface area contributed by atoms with Crippen LogP contribution in [0.4, 0.5) is 17.1 Å². The Bertz CT molecular complexity index is 2380. The van der Waals surface area contributed by atoms with E-state index in [4.69, 9.17) is 27.9 Å². The number of rotatable bonds is 14. The van der Waals surface area contributed by atoms with Crippen LogP contribution in [0.5, 0.6) is 11.5 Å². The molecule has 4 aromatic carbocycles. The van der Waals surface area contributed by atoms with Crippen molar-refractivity contribution in [3.05, 3.63) is 122 Å². The number of ether oxygens (including phenoxy) is 1. The molecule has 2 N–H and O–H groups in total. The number of hydrogen-bond donors (Lipinski definition) is 2. The second-order valence-corrected chi connectivity index (χ2v) is 19.6. The summed E-state index contributed by atoms with van der Waals surface area (Å²) in [5, 5.41) is 16.7. The van der Waals surface area contributed by atoms with E-state index in [0.29, 0.717) is 48.9 Å². The Balaban J connectivity index is 1.03. The van der Waals surface area contributed by atoms with Crippen LogP contribution in [0.2, 0.25) is 10.0 Å². The van der Waals surface area contributed by atoms with Crippen LogP contribution >= 0.6 is 23.2 Å². The molecule has 2 fully saturated rings. The fraction of sp³-hybridized carbons (Fsp3) is 0.404. The Hall–Kier alpha value is -4.99. The molecular formula is C47H55Cl2N7O6S. The maximum Gasteiger partial charge on any atom is 0.293 e. The van der Waals surface area contributed by atoms with E-state index in [1.165, 1.54) is 34.9 Å². The highest BCUT2D eigenvalue weighted by atomic mass is 35.5. The van der Waals surface area contributed by atoms with E-state index < -0.39 is 21.8 Å². The van der Waals surface area contributed by atoms with Crippen molar-refractivity contribution in [1.29, 1.82) is 0 Å². The monoisotopic (exact) mass is 915 g/mol. The smallest absolute Gasteiger partial charge is 0.293 e. The van der Waals surface area contributed by atoms with Crippen molar-refractivity contribution in [2.75, 3.05) is 76.7 Å². The predicted octanol–water partition coefficient (Wildman–Crippen LogP) is 8.90. The lowest BCUT2D eigenvalue weighted by Crippen LogP contribution is -2.47. The summed E-state index contributed by atoms with van der Waals surface area (Å²) in [6, 6.07) is 24.6. The number of piperidine rings is 1. The van der Waals surface area contributed by atoms with Gasteiger partial charge in [0.25, 0.3) is 11.6 Å². The molecule has 63 heavy (non-hydrogen) atoms. The second-order valence-electron chi connectivity index (χ2n) is 17.6. The van der Waals surface area contributed by atoms with E-state index in [1.807, 2.05) is 24.3 Å². The zero-order valence-corrected chi connectivity index (χ0v) is 38.5. The van der Waals surface area contributed by atoms with Gasteiger partial charge in [0.15, 0.2) is 11.0 Å². The van der Waals surface area contributed by atoms with Gasteiger partial charge in [0.05, 0.1) is 21.9 Å². The molecule has 0 saturated carbocycles. The third-order valence-electron chi connectivity index (χ3n) is 12.1. The van der Waals surface area contributed by atoms with Crippen molar-refractivity contribution in [2.24, 2.45) is 5.41 Å². The van der Waals surface area contributed by atoms with E-state index in [2.05, 4.69) is 50.7 Å². The van der Waals surface area contributed by atoms with Gasteiger partial charge < -0.3 is 19.9 Å². The fourth-order valence-electron chi connectivity index (χ4n) is 8.42. The van der Waals surface area contributed by atoms with Crippen molar-refractivity contribution < 1.29 is 23.5 Å². The summed E-state index contributed by atoms with van der Waals surface area (Å²) < 4.78 is 22.5. The van der Waals surface area contributed by atoms with E-state index in [-0.39, 0.29) is 39.3 Å². The number of nitrogens with one attached hydrogen (secondary N) is 2. The molecule has 2 saturated heterocycles. The quantitative estimate of drug-likeness (QED) is 0.0931. The van der Waals surface area contributed by atoms with Crippen molar-refractivity contribution >= 4 is 68.6 Å². The highest BCUT2D eigenvalue weighted by Crippen LogP contribution is 2.43. The van der Waals surface area contributed by atoms with Crippen LogP contribution in [0.1, 0.15) is 61.9 Å². The molecule has 4 aromatic rings. The van der Waals surface area contributed by atoms with Gasteiger partial charge in [0.2, 0.25) is 5.91 Å². The molecule has 1 atom stereocenters. The minimum atomic E-state index is -2.14. The van der Waals surface area contributed by atoms with E-state index >= 15 is 0 Å². The van der Waals surface area contributed by atoms with Gasteiger partial charge in [-0.1, -0.05) is 60.8 Å². The average molecular weight is 917 g/mol. The summed E-state index contributed by atoms with van der Waals surface area (Å²) in [6.07, 6.45) is 4.63. The summed E-state index contributed by atoms with van der Waals surface area (Å²) in [5.74, 6) is 0.0203. The number of benzene rings is 4. The molecule has 2 heterocycles. The molecule has 0 spiro atoms. The summed E-state index contributed by atoms with van der Waals surface area (Å²) in [5.41, 5.74) is 5.44. The lowest BCUT2D eigenvalue weighted by atomic mass is 9.72. The van der Waals surface area contributed by atoms with Gasteiger partial charge in [-0.2, -0.15) is 0 Å². The van der Waals surface area contributed by atoms with Crippen molar-refractivity contribution in [2.45, 2.75) is 56.9 Å². The molecule has 0 aromatic heterocycles. The summed E-state index contributed by atoms with van der Waals surface area (Å²) in [7, 11) is 1.31. The number of hydrogen-bond acceptors (Lipinski definition) is 10. The Morgan fingerprint density at radius 2 is 1.63 bits per heavy atom. The normalized spacial score (nSPS) is 17.8. The number of allylic oxidation sites excluding steroid dienone is 1. The zero-order valence-electron chi connectivity index (χ0n) is 36.2. The summed E-state index contributed by atoms with van der Waals surface area (Å²) in [6.45, 7) is 10.5. The fourth-order valence-corrected chi connectivity index (χ4v) is 9.53. The predicted molar refractivity (Wildman–Crippen MR) is 251 cm³/mol. The Morgan fingerprint density at radius 3 is 2.32 bits per heavy atom. The minimum Gasteiger partial charge on any atom is -0.456 e. The molecule has 2 amide bonds. The summed E-state index contributed by atoms with van der Waals surface area (Å²) >= 11 is 12.5. The van der Waals surface area contributed by atoms with Crippen molar-refractivity contribution in [3.63, 3.8) is 0 Å². The van der Waals surface area contributed by atoms with Gasteiger partial charge in [0, 0.05) is 93.8 Å². The van der Waals surface area contributed by atoms with Gasteiger partial charge in [-0.05, 0) is 103 Å². The Kier molecular flexibility index (Phi) is 14.8. The zero-order chi connectivity index (χ0) is 44.8. The molecule has 0 bridgehead atoms. The first-order valence-electron chi connectivity index (χ1n) is 21.3. The molecule has 2 aliphatic heterocycles. The number of anilines is 2. The number of carbonyl (C=O) groups is 2. The molecule has 1 unspecified atom stereocenters. The molecule has 3 aliphatic rings. The van der Waals surface area contributed by atoms with Crippen LogP contribution in [-0.2, 0) is 15.8 Å². The van der Waals surface area contributed by atoms with Gasteiger partial charge in [-0.25, -0.2) is 4.21 Å². The van der Waals surface area contributed by atoms with Crippen molar-refractivity contribution in [1.82, 2.24) is 19.4 Å². The molecular weight excluding hydrogens is 862 g/mol. The number of likely N-dealkylation sites (tertiary alicyclic amines) is 1. The number of nitro groups is 1. The first-order chi connectivity index (χ1) is 30.1. The van der Waals surface area contributed by atoms with E-state index in [9.17, 15) is 23.9 Å². The van der Waals surface area contributed by atoms with Crippen LogP contribution in [0.3, 0.4) is 0 Å². The van der Waals surface area contributed by atoms with Gasteiger partial charge in [-0.15, -0.1) is 0 Å². The molecule has 334 valence electrons. The van der Waals surface area contributed by atoms with E-state index in [1.54, 1.807) is 49.3 Å². The number of carbonyl (C=O) groups excluding carboxylic acids is 2. The van der Waals surface area contributed by atoms with Crippen LogP contribution < -0.4 is 19.7 Å². The SMILES string of the molecule is CN(C)C(=O)CN1CCC(Nc2ccc(S(=O)NC(=O)c3ccc(N4CCN(CC5=C(c6ccc(Cl)cc6)CC(C)(C)CC5)CC4)cc3Oc3cccc(Cl)c3)cc2[N+](=O)[O-])CC1. The standard InChI is InChI=1S/C47H55Cl2N7O6S/c1-47(2)19-16-33(41(29-47)32-8-10-34(48)11-9-32)30-54-22-24-55(25-23-54)37-12-14-40(44(27-37)62-38-7-5-6-35(49)26-38)46(58)51-63(61)39-13-15-42(43(28-39)56(59)60)50-36-17-20-53(21-18-36)31-45(57)52(3)4/h5-15,26-28,36,50H,16-25,29-31H2,1-4H3,(H,51,58). The average Bonchev–Trinajstić information content (AvgIpc) is 3.25. The molecule has 13 nitrogen and oxygen atoms in total. The third-order valence-corrected chi connectivity index (χ3v) is 13.7. The highest BCUT2D eigenvalue weighted by Gasteiger charge is 2.30. The highest BCUT2D eigenvalue weighted by molar-refractivity contribution is 7.83. The van der Waals surface area contributed by atoms with Crippen LogP contribution in [0, 0.1) is 15.5 Å². The number of nitrogens with zero attached hydrogens (tertiary/aromatic N) is 5. The number of amides is 2. The molecule has 7 rings (SSSR count). The van der Waals surface area contributed by atoms with Crippen LogP contribution in [0.25, 0.3) is 5.57 Å². The molecule has 16 heteroatoms. The lowest BCUT2D eigenvalue weighted by molar-refractivity contribution is -0.384. The number of piperazine rings is 1. The molecule has 1 aliphatic carbocycles. The van der Waals surface area contributed by atoms with Crippen LogP contribution in [-0.4, -0.2) is 108 Å². The van der Waals surface area contributed by atoms with Gasteiger partial charge in [0.1, 0.15) is 17.2 Å². The number of likely N-dealkylation sites (N-methyl/N-ethyl adjacent to an activating group) is 1. The third kappa shape index (κ3) is 12.0. The van der Waals surface area contributed by atoms with Crippen LogP contribution in [0.15, 0.2) is 95.4 Å². The largest absolute Gasteiger partial charge is 0.456 e. The number of nitro benzene ring substituents is 1. The van der Waals surface area contributed by atoms with E-state index in [0.717, 1.165) is 62.7 Å².